The van der Waals surface area contributed by atoms with E-state index in [1.807, 2.05) is 0 Å². The topological polar surface area (TPSA) is 0 Å². The number of hydrogen-bond acceptors (Lipinski definition) is 1. The van der Waals surface area contributed by atoms with E-state index in [1.54, 1.807) is 0 Å². The van der Waals surface area contributed by atoms with Crippen LogP contribution in [0.2, 0.25) is 0 Å². The Morgan fingerprint density at radius 1 is 0.727 bits per heavy atom. The van der Waals surface area contributed by atoms with Crippen LogP contribution in [-0.4, -0.2) is 11.5 Å². The van der Waals surface area contributed by atoms with Gasteiger partial charge in [-0.05, 0) is 22.3 Å². The van der Waals surface area contributed by atoms with E-state index in [1.165, 1.54) is 11.5 Å². The Kier molecular flexibility index (Phi) is 3.96. The van der Waals surface area contributed by atoms with Gasteiger partial charge in [0.05, 0.1) is 0 Å². The van der Waals surface area contributed by atoms with Gasteiger partial charge in [0.1, 0.15) is 0 Å². The van der Waals surface area contributed by atoms with Gasteiger partial charge in [-0.25, -0.2) is 0 Å². The van der Waals surface area contributed by atoms with Gasteiger partial charge in [0.2, 0.25) is 0 Å². The Balaban J connectivity index is 3.44. The molecule has 68 valence electrons. The molecule has 0 spiro atoms. The van der Waals surface area contributed by atoms with Gasteiger partial charge < -0.3 is 0 Å². The van der Waals surface area contributed by atoms with E-state index >= 15 is 0 Å². The third kappa shape index (κ3) is 10.4. The van der Waals surface area contributed by atoms with Crippen molar-refractivity contribution in [3.63, 3.8) is 0 Å². The summed E-state index contributed by atoms with van der Waals surface area (Å²) >= 11 is 2.07. The maximum absolute atomic E-state index is 2.29. The second-order valence-corrected chi connectivity index (χ2v) is 6.60. The van der Waals surface area contributed by atoms with E-state index in [9.17, 15) is 0 Å². The fraction of sp³-hybridized carbons (Fsp3) is 1.00. The molecule has 0 aromatic heterocycles. The number of thioether (sulfide) groups is 1. The molecule has 0 nitrogen and oxygen atoms in total. The molecular formula is C10H22S. The Hall–Kier alpha value is 0.350. The van der Waals surface area contributed by atoms with E-state index in [-0.39, 0.29) is 0 Å². The highest BCUT2D eigenvalue weighted by molar-refractivity contribution is 7.99. The lowest BCUT2D eigenvalue weighted by Crippen LogP contribution is -2.14. The molecular weight excluding hydrogens is 152 g/mol. The molecule has 0 atom stereocenters. The van der Waals surface area contributed by atoms with Gasteiger partial charge in [-0.15, -0.1) is 0 Å². The van der Waals surface area contributed by atoms with Gasteiger partial charge in [0.15, 0.2) is 0 Å². The monoisotopic (exact) mass is 174 g/mol. The number of hydrogen-bond donors (Lipinski definition) is 0. The Labute approximate surface area is 76.1 Å². The second kappa shape index (κ2) is 3.84. The molecule has 0 aliphatic heterocycles. The van der Waals surface area contributed by atoms with Crippen LogP contribution in [0.3, 0.4) is 0 Å². The minimum atomic E-state index is 0.482. The van der Waals surface area contributed by atoms with Crippen molar-refractivity contribution in [2.24, 2.45) is 10.8 Å². The molecule has 0 aromatic carbocycles. The van der Waals surface area contributed by atoms with Crippen molar-refractivity contribution in [2.75, 3.05) is 11.5 Å². The summed E-state index contributed by atoms with van der Waals surface area (Å²) in [5.41, 5.74) is 0.964. The van der Waals surface area contributed by atoms with E-state index in [4.69, 9.17) is 0 Å². The molecule has 0 N–H and O–H groups in total. The molecule has 0 amide bonds. The van der Waals surface area contributed by atoms with Gasteiger partial charge in [0, 0.05) is 0 Å². The molecule has 0 aliphatic rings. The highest BCUT2D eigenvalue weighted by Crippen LogP contribution is 2.26. The van der Waals surface area contributed by atoms with E-state index in [0.29, 0.717) is 10.8 Å². The lowest BCUT2D eigenvalue weighted by atomic mass is 10.0. The molecule has 0 heterocycles. The van der Waals surface area contributed by atoms with Crippen molar-refractivity contribution in [1.82, 2.24) is 0 Å². The average Bonchev–Trinajstić information content (AvgIpc) is 1.55. The second-order valence-electron chi connectivity index (χ2n) is 5.61. The molecule has 0 saturated heterocycles. The summed E-state index contributed by atoms with van der Waals surface area (Å²) in [4.78, 5) is 0. The molecule has 0 saturated carbocycles. The standard InChI is InChI=1S/C10H22S/c1-9(2,3)7-11-8-10(4,5)6/h7-8H2,1-6H3. The minimum absolute atomic E-state index is 0.482. The molecule has 0 rings (SSSR count). The zero-order chi connectivity index (χ0) is 9.12. The van der Waals surface area contributed by atoms with Crippen LogP contribution in [0.5, 0.6) is 0 Å². The summed E-state index contributed by atoms with van der Waals surface area (Å²) in [6.07, 6.45) is 0. The van der Waals surface area contributed by atoms with Crippen molar-refractivity contribution in [3.05, 3.63) is 0 Å². The van der Waals surface area contributed by atoms with Crippen LogP contribution >= 0.6 is 11.8 Å². The van der Waals surface area contributed by atoms with Crippen molar-refractivity contribution in [1.29, 1.82) is 0 Å². The van der Waals surface area contributed by atoms with Crippen molar-refractivity contribution in [2.45, 2.75) is 41.5 Å². The van der Waals surface area contributed by atoms with E-state index in [2.05, 4.69) is 53.3 Å². The average molecular weight is 174 g/mol. The molecule has 11 heavy (non-hydrogen) atoms. The maximum atomic E-state index is 2.29. The maximum Gasteiger partial charge on any atom is -0.00185 e. The van der Waals surface area contributed by atoms with E-state index in [0.717, 1.165) is 0 Å². The van der Waals surface area contributed by atoms with Gasteiger partial charge in [-0.2, -0.15) is 11.8 Å². The molecule has 0 aliphatic carbocycles. The Bertz CT molecular complexity index is 89.0. The number of rotatable bonds is 2. The zero-order valence-electron chi connectivity index (χ0n) is 8.82. The molecule has 0 aromatic rings. The summed E-state index contributed by atoms with van der Waals surface area (Å²) in [6, 6.07) is 0. The molecule has 0 radical (unpaired) electrons. The molecule has 0 bridgehead atoms. The molecule has 0 fully saturated rings. The fourth-order valence-electron chi connectivity index (χ4n) is 0.663. The van der Waals surface area contributed by atoms with Gasteiger partial charge in [0.25, 0.3) is 0 Å². The first kappa shape index (κ1) is 11.4. The SMILES string of the molecule is CC(C)(C)CSCC(C)(C)C. The van der Waals surface area contributed by atoms with Crippen molar-refractivity contribution in [3.8, 4) is 0 Å². The molecule has 1 heteroatoms. The lowest BCUT2D eigenvalue weighted by molar-refractivity contribution is 0.466. The fourth-order valence-corrected chi connectivity index (χ4v) is 1.99. The summed E-state index contributed by atoms with van der Waals surface area (Å²) in [7, 11) is 0. The summed E-state index contributed by atoms with van der Waals surface area (Å²) in [5.74, 6) is 2.54. The first-order chi connectivity index (χ1) is 4.71. The van der Waals surface area contributed by atoms with Crippen LogP contribution in [0.15, 0.2) is 0 Å². The van der Waals surface area contributed by atoms with Gasteiger partial charge in [-0.3, -0.25) is 0 Å². The third-order valence-corrected chi connectivity index (χ3v) is 3.21. The van der Waals surface area contributed by atoms with Gasteiger partial charge >= 0.3 is 0 Å². The summed E-state index contributed by atoms with van der Waals surface area (Å²) in [5, 5.41) is 0. The van der Waals surface area contributed by atoms with Crippen LogP contribution in [0.1, 0.15) is 41.5 Å². The van der Waals surface area contributed by atoms with Crippen LogP contribution in [-0.2, 0) is 0 Å². The third-order valence-electron chi connectivity index (χ3n) is 1.07. The largest absolute Gasteiger partial charge is 0.161 e. The normalized spacial score (nSPS) is 13.6. The van der Waals surface area contributed by atoms with Crippen LogP contribution in [0.4, 0.5) is 0 Å². The smallest absolute Gasteiger partial charge is 0.00185 e. The Morgan fingerprint density at radius 3 is 1.18 bits per heavy atom. The zero-order valence-corrected chi connectivity index (χ0v) is 9.64. The van der Waals surface area contributed by atoms with Crippen molar-refractivity contribution < 1.29 is 0 Å². The highest BCUT2D eigenvalue weighted by Gasteiger charge is 2.14. The van der Waals surface area contributed by atoms with E-state index < -0.39 is 0 Å². The van der Waals surface area contributed by atoms with Crippen molar-refractivity contribution >= 4 is 11.8 Å². The quantitative estimate of drug-likeness (QED) is 0.613. The predicted octanol–water partition coefficient (Wildman–Crippen LogP) is 3.81. The summed E-state index contributed by atoms with van der Waals surface area (Å²) < 4.78 is 0. The summed E-state index contributed by atoms with van der Waals surface area (Å²) in [6.45, 7) is 13.8. The Morgan fingerprint density at radius 2 is 1.00 bits per heavy atom. The first-order valence-corrected chi connectivity index (χ1v) is 5.44. The predicted molar refractivity (Wildman–Crippen MR) is 56.2 cm³/mol. The van der Waals surface area contributed by atoms with Crippen LogP contribution in [0.25, 0.3) is 0 Å². The van der Waals surface area contributed by atoms with Gasteiger partial charge in [-0.1, -0.05) is 41.5 Å². The first-order valence-electron chi connectivity index (χ1n) is 4.28. The highest BCUT2D eigenvalue weighted by atomic mass is 32.2. The molecule has 0 unspecified atom stereocenters. The van der Waals surface area contributed by atoms with Crippen LogP contribution < -0.4 is 0 Å². The van der Waals surface area contributed by atoms with Crippen LogP contribution in [0, 0.1) is 10.8 Å². The lowest BCUT2D eigenvalue weighted by Gasteiger charge is -2.22. The minimum Gasteiger partial charge on any atom is -0.161 e.